The van der Waals surface area contributed by atoms with Crippen LogP contribution in [0.2, 0.25) is 0 Å². The third-order valence-electron chi connectivity index (χ3n) is 5.97. The van der Waals surface area contributed by atoms with Crippen molar-refractivity contribution in [2.24, 2.45) is 11.7 Å². The number of nitrogens with zero attached hydrogens (tertiary/aromatic N) is 1. The van der Waals surface area contributed by atoms with Gasteiger partial charge in [-0.2, -0.15) is 0 Å². The van der Waals surface area contributed by atoms with Crippen LogP contribution in [0.3, 0.4) is 0 Å². The van der Waals surface area contributed by atoms with Gasteiger partial charge in [0, 0.05) is 25.1 Å². The van der Waals surface area contributed by atoms with Crippen molar-refractivity contribution in [1.29, 1.82) is 0 Å². The average molecular weight is 382 g/mol. The highest BCUT2D eigenvalue weighted by atomic mass is 35.5. The maximum atomic E-state index is 12.7. The van der Waals surface area contributed by atoms with Gasteiger partial charge in [0.05, 0.1) is 12.1 Å². The molecule has 0 saturated carbocycles. The normalized spacial score (nSPS) is 23.9. The number of nitrogens with two attached hydrogens (primary N) is 1. The van der Waals surface area contributed by atoms with E-state index in [2.05, 4.69) is 30.3 Å². The number of halogens is 1. The van der Waals surface area contributed by atoms with Crippen molar-refractivity contribution in [3.8, 4) is 5.75 Å². The molecule has 3 unspecified atom stereocenters. The van der Waals surface area contributed by atoms with Crippen LogP contribution in [0.5, 0.6) is 5.75 Å². The molecular weight excluding hydrogens is 350 g/mol. The fraction of sp³-hybridized carbons (Fsp3) is 0.650. The van der Waals surface area contributed by atoms with E-state index in [9.17, 15) is 4.79 Å². The molecule has 146 valence electrons. The van der Waals surface area contributed by atoms with E-state index in [4.69, 9.17) is 10.5 Å². The number of para-hydroxylation sites is 1. The smallest absolute Gasteiger partial charge is 0.237 e. The number of piperidine rings is 1. The van der Waals surface area contributed by atoms with E-state index >= 15 is 0 Å². The second kappa shape index (κ2) is 8.59. The second-order valence-electron chi connectivity index (χ2n) is 7.80. The number of nitrogens with one attached hydrogen (secondary N) is 1. The topological polar surface area (TPSA) is 67.6 Å². The summed E-state index contributed by atoms with van der Waals surface area (Å²) in [5.74, 6) is 1.02. The molecule has 2 aliphatic rings. The van der Waals surface area contributed by atoms with E-state index in [-0.39, 0.29) is 35.9 Å². The van der Waals surface area contributed by atoms with Crippen molar-refractivity contribution in [1.82, 2.24) is 10.2 Å². The highest BCUT2D eigenvalue weighted by Crippen LogP contribution is 2.44. The SMILES string of the molecule is CCC(C)C(N)C(=O)NC1CC2(CCN(C)CC2)Oc2ccccc21.Cl. The van der Waals surface area contributed by atoms with Crippen LogP contribution < -0.4 is 15.8 Å². The minimum absolute atomic E-state index is 0. The molecule has 26 heavy (non-hydrogen) atoms. The zero-order chi connectivity index (χ0) is 18.0. The van der Waals surface area contributed by atoms with Gasteiger partial charge in [0.15, 0.2) is 0 Å². The Bertz CT molecular complexity index is 617. The minimum Gasteiger partial charge on any atom is -0.487 e. The monoisotopic (exact) mass is 381 g/mol. The molecule has 0 radical (unpaired) electrons. The van der Waals surface area contributed by atoms with E-state index in [1.54, 1.807) is 0 Å². The summed E-state index contributed by atoms with van der Waals surface area (Å²) in [5.41, 5.74) is 7.03. The van der Waals surface area contributed by atoms with Gasteiger partial charge in [-0.05, 0) is 31.9 Å². The van der Waals surface area contributed by atoms with Crippen molar-refractivity contribution in [2.45, 2.75) is 57.2 Å². The lowest BCUT2D eigenvalue weighted by Crippen LogP contribution is -2.53. The van der Waals surface area contributed by atoms with Crippen LogP contribution in [0.1, 0.15) is 51.1 Å². The highest BCUT2D eigenvalue weighted by molar-refractivity contribution is 5.85. The zero-order valence-corrected chi connectivity index (χ0v) is 16.8. The molecule has 2 aliphatic heterocycles. The fourth-order valence-corrected chi connectivity index (χ4v) is 3.86. The van der Waals surface area contributed by atoms with Gasteiger partial charge in [0.1, 0.15) is 11.4 Å². The molecule has 1 saturated heterocycles. The Morgan fingerprint density at radius 3 is 2.69 bits per heavy atom. The average Bonchev–Trinajstić information content (AvgIpc) is 2.63. The summed E-state index contributed by atoms with van der Waals surface area (Å²) in [4.78, 5) is 15.0. The van der Waals surface area contributed by atoms with E-state index in [0.29, 0.717) is 0 Å². The minimum atomic E-state index is -0.464. The summed E-state index contributed by atoms with van der Waals surface area (Å²) in [5, 5.41) is 3.22. The van der Waals surface area contributed by atoms with Crippen molar-refractivity contribution >= 4 is 18.3 Å². The number of carbonyl (C=O) groups excluding carboxylic acids is 1. The highest BCUT2D eigenvalue weighted by Gasteiger charge is 2.43. The Morgan fingerprint density at radius 2 is 2.04 bits per heavy atom. The molecule has 1 fully saturated rings. The summed E-state index contributed by atoms with van der Waals surface area (Å²) >= 11 is 0. The maximum absolute atomic E-state index is 12.7. The van der Waals surface area contributed by atoms with Crippen molar-refractivity contribution in [3.63, 3.8) is 0 Å². The first-order valence-electron chi connectivity index (χ1n) is 9.46. The summed E-state index contributed by atoms with van der Waals surface area (Å²) in [6.45, 7) is 6.14. The molecule has 0 aliphatic carbocycles. The maximum Gasteiger partial charge on any atom is 0.237 e. The van der Waals surface area contributed by atoms with Gasteiger partial charge in [-0.25, -0.2) is 0 Å². The number of ether oxygens (including phenoxy) is 1. The summed E-state index contributed by atoms with van der Waals surface area (Å²) < 4.78 is 6.44. The summed E-state index contributed by atoms with van der Waals surface area (Å²) in [7, 11) is 2.15. The number of carbonyl (C=O) groups is 1. The first kappa shape index (κ1) is 21.0. The second-order valence-corrected chi connectivity index (χ2v) is 7.80. The van der Waals surface area contributed by atoms with Gasteiger partial charge in [-0.15, -0.1) is 12.4 Å². The van der Waals surface area contributed by atoms with Crippen molar-refractivity contribution in [3.05, 3.63) is 29.8 Å². The first-order valence-corrected chi connectivity index (χ1v) is 9.46. The van der Waals surface area contributed by atoms with Crippen LogP contribution in [0, 0.1) is 5.92 Å². The number of fused-ring (bicyclic) bond motifs is 1. The van der Waals surface area contributed by atoms with Crippen LogP contribution in [0.25, 0.3) is 0 Å². The number of amides is 1. The Balaban J connectivity index is 0.00000243. The molecule has 3 N–H and O–H groups in total. The summed E-state index contributed by atoms with van der Waals surface area (Å²) in [6, 6.07) is 7.57. The molecular formula is C20H32ClN3O2. The van der Waals surface area contributed by atoms with Gasteiger partial charge in [0.25, 0.3) is 0 Å². The molecule has 1 amide bonds. The Hall–Kier alpha value is -1.30. The quantitative estimate of drug-likeness (QED) is 0.841. The number of hydrogen-bond acceptors (Lipinski definition) is 4. The van der Waals surface area contributed by atoms with E-state index in [0.717, 1.165) is 50.1 Å². The predicted molar refractivity (Wildman–Crippen MR) is 107 cm³/mol. The van der Waals surface area contributed by atoms with Crippen LogP contribution in [0.4, 0.5) is 0 Å². The van der Waals surface area contributed by atoms with Gasteiger partial charge < -0.3 is 20.7 Å². The number of likely N-dealkylation sites (tertiary alicyclic amines) is 1. The lowest BCUT2D eigenvalue weighted by Gasteiger charge is -2.46. The van der Waals surface area contributed by atoms with Gasteiger partial charge in [0.2, 0.25) is 5.91 Å². The van der Waals surface area contributed by atoms with Crippen molar-refractivity contribution < 1.29 is 9.53 Å². The van der Waals surface area contributed by atoms with E-state index in [1.807, 2.05) is 25.1 Å². The Morgan fingerprint density at radius 1 is 1.38 bits per heavy atom. The molecule has 5 nitrogen and oxygen atoms in total. The number of benzene rings is 1. The molecule has 3 rings (SSSR count). The molecule has 1 spiro atoms. The Kier molecular flexibility index (Phi) is 6.94. The standard InChI is InChI=1S/C20H31N3O2.ClH/c1-4-14(2)18(21)19(24)22-16-13-20(9-11-23(3)12-10-20)25-17-8-6-5-7-15(16)17;/h5-8,14,16,18H,4,9-13,21H2,1-3H3,(H,22,24);1H. The Labute approximate surface area is 163 Å². The first-order chi connectivity index (χ1) is 11.9. The summed E-state index contributed by atoms with van der Waals surface area (Å²) in [6.07, 6.45) is 3.69. The fourth-order valence-electron chi connectivity index (χ4n) is 3.86. The van der Waals surface area contributed by atoms with Crippen LogP contribution >= 0.6 is 12.4 Å². The van der Waals surface area contributed by atoms with Gasteiger partial charge in [-0.1, -0.05) is 38.5 Å². The molecule has 1 aromatic carbocycles. The largest absolute Gasteiger partial charge is 0.487 e. The van der Waals surface area contributed by atoms with E-state index < -0.39 is 6.04 Å². The van der Waals surface area contributed by atoms with Gasteiger partial charge >= 0.3 is 0 Å². The third-order valence-corrected chi connectivity index (χ3v) is 5.97. The zero-order valence-electron chi connectivity index (χ0n) is 16.0. The molecule has 2 heterocycles. The third kappa shape index (κ3) is 4.33. The predicted octanol–water partition coefficient (Wildman–Crippen LogP) is 2.89. The molecule has 1 aromatic rings. The molecule has 0 bridgehead atoms. The molecule has 3 atom stereocenters. The lowest BCUT2D eigenvalue weighted by atomic mass is 9.80. The van der Waals surface area contributed by atoms with Gasteiger partial charge in [-0.3, -0.25) is 4.79 Å². The molecule has 6 heteroatoms. The number of hydrogen-bond donors (Lipinski definition) is 2. The van der Waals surface area contributed by atoms with Crippen LogP contribution in [-0.4, -0.2) is 42.6 Å². The number of rotatable bonds is 4. The van der Waals surface area contributed by atoms with E-state index in [1.165, 1.54) is 0 Å². The van der Waals surface area contributed by atoms with Crippen LogP contribution in [0.15, 0.2) is 24.3 Å². The lowest BCUT2D eigenvalue weighted by molar-refractivity contribution is -0.125. The van der Waals surface area contributed by atoms with Crippen molar-refractivity contribution in [2.75, 3.05) is 20.1 Å². The molecule has 0 aromatic heterocycles. The van der Waals surface area contributed by atoms with Crippen LogP contribution in [-0.2, 0) is 4.79 Å².